The predicted molar refractivity (Wildman–Crippen MR) is 119 cm³/mol. The minimum Gasteiger partial charge on any atom is -0.423 e. The molecule has 3 saturated carbocycles. The van der Waals surface area contributed by atoms with Crippen LogP contribution in [0.15, 0.2) is 12.1 Å². The van der Waals surface area contributed by atoms with Gasteiger partial charge in [0, 0.05) is 0 Å². The lowest BCUT2D eigenvalue weighted by Crippen LogP contribution is -2.35. The second kappa shape index (κ2) is 10.6. The largest absolute Gasteiger partial charge is 0.423 e. The Morgan fingerprint density at radius 3 is 2.19 bits per heavy atom. The maximum Gasteiger partial charge on any atom is 0.314 e. The summed E-state index contributed by atoms with van der Waals surface area (Å²) in [4.78, 5) is 12.5. The Kier molecular flexibility index (Phi) is 7.83. The molecule has 0 radical (unpaired) electrons. The Morgan fingerprint density at radius 1 is 0.844 bits per heavy atom. The number of rotatable bonds is 6. The van der Waals surface area contributed by atoms with Crippen molar-refractivity contribution in [2.75, 3.05) is 0 Å². The van der Waals surface area contributed by atoms with Gasteiger partial charge in [-0.2, -0.15) is 4.39 Å². The number of fused-ring (bicyclic) bond motifs is 1. The lowest BCUT2D eigenvalue weighted by Gasteiger charge is -2.45. The van der Waals surface area contributed by atoms with Gasteiger partial charge in [0.25, 0.3) is 0 Å². The molecule has 178 valence electrons. The summed E-state index contributed by atoms with van der Waals surface area (Å²) >= 11 is 0. The minimum atomic E-state index is -1.60. The van der Waals surface area contributed by atoms with Crippen LogP contribution in [0, 0.1) is 53.0 Å². The fraction of sp³-hybridized carbons (Fsp3) is 0.741. The second-order valence-corrected chi connectivity index (χ2v) is 10.6. The van der Waals surface area contributed by atoms with Crippen molar-refractivity contribution in [3.63, 3.8) is 0 Å². The first-order valence-corrected chi connectivity index (χ1v) is 12.8. The number of unbranched alkanes of at least 4 members (excludes halogenated alkanes) is 1. The molecule has 3 aliphatic rings. The molecule has 4 rings (SSSR count). The van der Waals surface area contributed by atoms with E-state index in [0.29, 0.717) is 5.92 Å². The first-order valence-electron chi connectivity index (χ1n) is 12.8. The summed E-state index contributed by atoms with van der Waals surface area (Å²) in [5, 5.41) is 0. The quantitative estimate of drug-likeness (QED) is 0.251. The number of halogens is 3. The highest BCUT2D eigenvalue weighted by molar-refractivity contribution is 5.75. The van der Waals surface area contributed by atoms with Gasteiger partial charge in [-0.25, -0.2) is 8.78 Å². The fourth-order valence-electron chi connectivity index (χ4n) is 6.81. The smallest absolute Gasteiger partial charge is 0.314 e. The standard InChI is InChI=1S/C27H37F3O2/c1-2-3-4-17-5-6-22-16-21(12-11-20(22)15-17)18-7-9-19(10-8-18)27(31)32-24-14-13-23(28)25(29)26(24)30/h13-14,17-22H,2-12,15-16H2,1H3. The highest BCUT2D eigenvalue weighted by Crippen LogP contribution is 2.49. The Hall–Kier alpha value is -1.52. The van der Waals surface area contributed by atoms with Crippen LogP contribution < -0.4 is 4.74 Å². The van der Waals surface area contributed by atoms with E-state index in [9.17, 15) is 18.0 Å². The van der Waals surface area contributed by atoms with E-state index in [2.05, 4.69) is 6.92 Å². The van der Waals surface area contributed by atoms with E-state index >= 15 is 0 Å². The van der Waals surface area contributed by atoms with Crippen LogP contribution in [0.1, 0.15) is 90.4 Å². The average molecular weight is 451 g/mol. The van der Waals surface area contributed by atoms with Crippen LogP contribution >= 0.6 is 0 Å². The zero-order valence-electron chi connectivity index (χ0n) is 19.3. The number of hydrogen-bond donors (Lipinski definition) is 0. The molecule has 0 bridgehead atoms. The molecule has 4 unspecified atom stereocenters. The molecule has 1 aromatic carbocycles. The Bertz CT molecular complexity index is 787. The van der Waals surface area contributed by atoms with Crippen molar-refractivity contribution < 1.29 is 22.7 Å². The van der Waals surface area contributed by atoms with Gasteiger partial charge in [-0.1, -0.05) is 32.6 Å². The molecule has 3 fully saturated rings. The molecule has 3 aliphatic carbocycles. The molecule has 5 heteroatoms. The van der Waals surface area contributed by atoms with Crippen LogP contribution in [-0.4, -0.2) is 5.97 Å². The summed E-state index contributed by atoms with van der Waals surface area (Å²) in [5.74, 6) is -1.45. The number of hydrogen-bond acceptors (Lipinski definition) is 2. The average Bonchev–Trinajstić information content (AvgIpc) is 2.82. The summed E-state index contributed by atoms with van der Waals surface area (Å²) in [7, 11) is 0. The number of carbonyl (C=O) groups is 1. The molecule has 32 heavy (non-hydrogen) atoms. The molecule has 4 atom stereocenters. The highest BCUT2D eigenvalue weighted by atomic mass is 19.2. The Morgan fingerprint density at radius 2 is 1.47 bits per heavy atom. The lowest BCUT2D eigenvalue weighted by molar-refractivity contribution is -0.140. The molecule has 0 aromatic heterocycles. The number of esters is 1. The van der Waals surface area contributed by atoms with E-state index in [-0.39, 0.29) is 5.92 Å². The van der Waals surface area contributed by atoms with Gasteiger partial charge in [-0.15, -0.1) is 0 Å². The van der Waals surface area contributed by atoms with E-state index in [0.717, 1.165) is 61.5 Å². The van der Waals surface area contributed by atoms with E-state index in [4.69, 9.17) is 4.74 Å². The summed E-state index contributed by atoms with van der Waals surface area (Å²) in [6.07, 6.45) is 15.9. The fourth-order valence-corrected chi connectivity index (χ4v) is 6.81. The number of benzene rings is 1. The minimum absolute atomic E-state index is 0.288. The summed E-state index contributed by atoms with van der Waals surface area (Å²) < 4.78 is 45.4. The first kappa shape index (κ1) is 23.6. The Labute approximate surface area is 190 Å². The van der Waals surface area contributed by atoms with Crippen molar-refractivity contribution in [3.8, 4) is 5.75 Å². The molecular weight excluding hydrogens is 413 g/mol. The van der Waals surface area contributed by atoms with E-state index in [1.807, 2.05) is 0 Å². The van der Waals surface area contributed by atoms with Crippen LogP contribution in [0.2, 0.25) is 0 Å². The molecule has 0 aliphatic heterocycles. The van der Waals surface area contributed by atoms with E-state index < -0.39 is 29.2 Å². The summed E-state index contributed by atoms with van der Waals surface area (Å²) in [6, 6.07) is 1.76. The lowest BCUT2D eigenvalue weighted by atomic mass is 9.60. The van der Waals surface area contributed by atoms with Gasteiger partial charge in [0.2, 0.25) is 5.82 Å². The highest BCUT2D eigenvalue weighted by Gasteiger charge is 2.39. The van der Waals surface area contributed by atoms with Gasteiger partial charge in [-0.05, 0) is 99.5 Å². The number of carbonyl (C=O) groups excluding carboxylic acids is 1. The van der Waals surface area contributed by atoms with Crippen molar-refractivity contribution in [1.82, 2.24) is 0 Å². The van der Waals surface area contributed by atoms with Crippen molar-refractivity contribution in [1.29, 1.82) is 0 Å². The zero-order chi connectivity index (χ0) is 22.7. The van der Waals surface area contributed by atoms with Crippen molar-refractivity contribution in [2.45, 2.75) is 90.4 Å². The van der Waals surface area contributed by atoms with Crippen molar-refractivity contribution in [2.24, 2.45) is 35.5 Å². The van der Waals surface area contributed by atoms with E-state index in [1.165, 1.54) is 57.8 Å². The molecule has 0 amide bonds. The molecule has 0 N–H and O–H groups in total. The van der Waals surface area contributed by atoms with Gasteiger partial charge in [-0.3, -0.25) is 4.79 Å². The van der Waals surface area contributed by atoms with Crippen LogP contribution in [0.4, 0.5) is 13.2 Å². The topological polar surface area (TPSA) is 26.3 Å². The molecule has 0 spiro atoms. The first-order chi connectivity index (χ1) is 15.5. The van der Waals surface area contributed by atoms with Gasteiger partial charge >= 0.3 is 5.97 Å². The molecule has 0 saturated heterocycles. The maximum atomic E-state index is 13.8. The monoisotopic (exact) mass is 450 g/mol. The third kappa shape index (κ3) is 5.34. The molecular formula is C27H37F3O2. The van der Waals surface area contributed by atoms with Crippen LogP contribution in [-0.2, 0) is 4.79 Å². The van der Waals surface area contributed by atoms with Crippen molar-refractivity contribution in [3.05, 3.63) is 29.6 Å². The van der Waals surface area contributed by atoms with Gasteiger partial charge in [0.15, 0.2) is 17.4 Å². The SMILES string of the molecule is CCCCC1CCC2CC(C3CCC(C(=O)Oc4ccc(F)c(F)c4F)CC3)CCC2C1. The predicted octanol–water partition coefficient (Wildman–Crippen LogP) is 7.84. The third-order valence-corrected chi connectivity index (χ3v) is 8.71. The second-order valence-electron chi connectivity index (χ2n) is 10.6. The van der Waals surface area contributed by atoms with Gasteiger partial charge < -0.3 is 4.74 Å². The third-order valence-electron chi connectivity index (χ3n) is 8.71. The van der Waals surface area contributed by atoms with Gasteiger partial charge in [0.1, 0.15) is 0 Å². The maximum absolute atomic E-state index is 13.8. The zero-order valence-corrected chi connectivity index (χ0v) is 19.3. The molecule has 2 nitrogen and oxygen atoms in total. The summed E-state index contributed by atoms with van der Waals surface area (Å²) in [5.41, 5.74) is 0. The normalized spacial score (nSPS) is 32.9. The van der Waals surface area contributed by atoms with Crippen LogP contribution in [0.5, 0.6) is 5.75 Å². The molecule has 1 aromatic rings. The Balaban J connectivity index is 1.24. The van der Waals surface area contributed by atoms with Crippen LogP contribution in [0.25, 0.3) is 0 Å². The van der Waals surface area contributed by atoms with Crippen LogP contribution in [0.3, 0.4) is 0 Å². The van der Waals surface area contributed by atoms with Gasteiger partial charge in [0.05, 0.1) is 5.92 Å². The molecule has 0 heterocycles. The summed E-state index contributed by atoms with van der Waals surface area (Å²) in [6.45, 7) is 2.28. The number of ether oxygens (including phenoxy) is 1. The van der Waals surface area contributed by atoms with Crippen molar-refractivity contribution >= 4 is 5.97 Å². The van der Waals surface area contributed by atoms with E-state index in [1.54, 1.807) is 0 Å².